The van der Waals surface area contributed by atoms with Gasteiger partial charge in [0.15, 0.2) is 0 Å². The molecule has 0 saturated carbocycles. The average Bonchev–Trinajstić information content (AvgIpc) is 3.06. The van der Waals surface area contributed by atoms with Gasteiger partial charge in [0, 0.05) is 24.0 Å². The van der Waals surface area contributed by atoms with Crippen LogP contribution >= 0.6 is 0 Å². The molecule has 3 aromatic carbocycles. The first-order chi connectivity index (χ1) is 14.2. The topological polar surface area (TPSA) is 3.24 Å². The van der Waals surface area contributed by atoms with E-state index in [1.165, 1.54) is 43.9 Å². The Bertz CT molecular complexity index is 1250. The van der Waals surface area contributed by atoms with Crippen molar-refractivity contribution in [1.82, 2.24) is 0 Å². The molecule has 1 aliphatic heterocycles. The van der Waals surface area contributed by atoms with Gasteiger partial charge in [-0.3, -0.25) is 0 Å². The number of nitrogens with zero attached hydrogens (tertiary/aromatic N) is 1. The van der Waals surface area contributed by atoms with Crippen LogP contribution in [-0.4, -0.2) is 13.1 Å². The van der Waals surface area contributed by atoms with Gasteiger partial charge >= 0.3 is 0 Å². The third-order valence-electron chi connectivity index (χ3n) is 6.25. The van der Waals surface area contributed by atoms with E-state index < -0.39 is 0 Å². The number of likely N-dealkylation sites (N-methyl/N-ethyl adjacent to an activating group) is 1. The highest BCUT2D eigenvalue weighted by Gasteiger charge is 2.38. The Labute approximate surface area is 172 Å². The molecule has 1 heteroatoms. The third-order valence-corrected chi connectivity index (χ3v) is 6.25. The van der Waals surface area contributed by atoms with Crippen molar-refractivity contribution in [3.05, 3.63) is 114 Å². The van der Waals surface area contributed by atoms with Crippen molar-refractivity contribution in [1.29, 1.82) is 0 Å². The van der Waals surface area contributed by atoms with Gasteiger partial charge in [0.2, 0.25) is 0 Å². The molecule has 0 N–H and O–H groups in total. The lowest BCUT2D eigenvalue weighted by Crippen LogP contribution is -2.29. The van der Waals surface area contributed by atoms with Crippen LogP contribution in [0, 0.1) is 0 Å². The Morgan fingerprint density at radius 2 is 1.62 bits per heavy atom. The second-order valence-electron chi connectivity index (χ2n) is 7.82. The molecule has 3 aromatic rings. The summed E-state index contributed by atoms with van der Waals surface area (Å²) in [5.41, 5.74) is 5.30. The van der Waals surface area contributed by atoms with E-state index in [1.54, 1.807) is 0 Å². The molecular weight excluding hydrogens is 350 g/mol. The Kier molecular flexibility index (Phi) is 4.24. The Morgan fingerprint density at radius 3 is 2.31 bits per heavy atom. The van der Waals surface area contributed by atoms with Crippen molar-refractivity contribution in [2.75, 3.05) is 11.9 Å². The number of anilines is 1. The number of benzene rings is 3. The quantitative estimate of drug-likeness (QED) is 0.349. The van der Waals surface area contributed by atoms with E-state index in [2.05, 4.69) is 110 Å². The molecule has 2 atom stereocenters. The molecule has 0 bridgehead atoms. The first kappa shape index (κ1) is 17.8. The molecule has 0 saturated heterocycles. The van der Waals surface area contributed by atoms with E-state index >= 15 is 0 Å². The minimum atomic E-state index is 0.336. The van der Waals surface area contributed by atoms with Crippen molar-refractivity contribution in [2.24, 2.45) is 0 Å². The molecule has 0 amide bonds. The first-order valence-corrected chi connectivity index (χ1v) is 10.3. The van der Waals surface area contributed by atoms with E-state index in [1.807, 2.05) is 6.08 Å². The van der Waals surface area contributed by atoms with Crippen molar-refractivity contribution >= 4 is 27.2 Å². The summed E-state index contributed by atoms with van der Waals surface area (Å²) in [7, 11) is 2.24. The van der Waals surface area contributed by atoms with Crippen molar-refractivity contribution in [3.63, 3.8) is 0 Å². The van der Waals surface area contributed by atoms with E-state index in [-0.39, 0.29) is 0 Å². The SMILES string of the molecule is C=C/C=C(\C=C/C)C1=CC2c3c(c4ccccc4c4ccccc34)N(C)C2C=C1. The molecule has 1 aliphatic carbocycles. The lowest BCUT2D eigenvalue weighted by atomic mass is 9.83. The molecule has 29 heavy (non-hydrogen) atoms. The highest BCUT2D eigenvalue weighted by molar-refractivity contribution is 6.16. The Hall–Kier alpha value is -3.32. The van der Waals surface area contributed by atoms with Crippen LogP contribution in [0.25, 0.3) is 21.5 Å². The largest absolute Gasteiger partial charge is 0.366 e. The first-order valence-electron chi connectivity index (χ1n) is 10.3. The number of fused-ring (bicyclic) bond motifs is 8. The Morgan fingerprint density at radius 1 is 0.966 bits per heavy atom. The predicted octanol–water partition coefficient (Wildman–Crippen LogP) is 7.08. The summed E-state index contributed by atoms with van der Waals surface area (Å²) in [4.78, 5) is 2.46. The fraction of sp³-hybridized carbons (Fsp3) is 0.143. The number of hydrogen-bond donors (Lipinski definition) is 0. The van der Waals surface area contributed by atoms with Gasteiger partial charge in [-0.2, -0.15) is 0 Å². The normalized spacial score (nSPS) is 21.0. The van der Waals surface area contributed by atoms with Gasteiger partial charge in [0.25, 0.3) is 0 Å². The van der Waals surface area contributed by atoms with E-state index in [4.69, 9.17) is 0 Å². The zero-order valence-electron chi connectivity index (χ0n) is 17.0. The maximum Gasteiger partial charge on any atom is 0.0578 e. The fourth-order valence-corrected chi connectivity index (χ4v) is 5.06. The van der Waals surface area contributed by atoms with Crippen molar-refractivity contribution in [3.8, 4) is 0 Å². The summed E-state index contributed by atoms with van der Waals surface area (Å²) >= 11 is 0. The number of allylic oxidation sites excluding steroid dienone is 7. The van der Waals surface area contributed by atoms with Crippen LogP contribution in [0.5, 0.6) is 0 Å². The van der Waals surface area contributed by atoms with Crippen LogP contribution in [0.2, 0.25) is 0 Å². The molecule has 1 heterocycles. The minimum absolute atomic E-state index is 0.336. The lowest BCUT2D eigenvalue weighted by molar-refractivity contribution is 0.721. The average molecular weight is 376 g/mol. The number of hydrogen-bond acceptors (Lipinski definition) is 1. The predicted molar refractivity (Wildman–Crippen MR) is 127 cm³/mol. The smallest absolute Gasteiger partial charge is 0.0578 e. The van der Waals surface area contributed by atoms with E-state index in [0.717, 1.165) is 0 Å². The molecule has 2 aliphatic rings. The van der Waals surface area contributed by atoms with Gasteiger partial charge in [-0.05, 0) is 39.8 Å². The van der Waals surface area contributed by atoms with Crippen LogP contribution in [0.15, 0.2) is 109 Å². The zero-order valence-corrected chi connectivity index (χ0v) is 17.0. The van der Waals surface area contributed by atoms with Gasteiger partial charge in [0.1, 0.15) is 0 Å². The molecular formula is C28H25N. The molecule has 2 unspecified atom stereocenters. The molecule has 0 radical (unpaired) electrons. The summed E-state index contributed by atoms with van der Waals surface area (Å²) in [5, 5.41) is 5.39. The summed E-state index contributed by atoms with van der Waals surface area (Å²) < 4.78 is 0. The van der Waals surface area contributed by atoms with Gasteiger partial charge < -0.3 is 4.90 Å². The maximum atomic E-state index is 3.90. The molecule has 1 nitrogen and oxygen atoms in total. The van der Waals surface area contributed by atoms with Crippen LogP contribution < -0.4 is 4.90 Å². The van der Waals surface area contributed by atoms with E-state index in [9.17, 15) is 0 Å². The van der Waals surface area contributed by atoms with Crippen LogP contribution in [-0.2, 0) is 0 Å². The van der Waals surface area contributed by atoms with Crippen LogP contribution in [0.4, 0.5) is 5.69 Å². The van der Waals surface area contributed by atoms with Crippen molar-refractivity contribution < 1.29 is 0 Å². The highest BCUT2D eigenvalue weighted by atomic mass is 15.2. The fourth-order valence-electron chi connectivity index (χ4n) is 5.06. The summed E-state index contributed by atoms with van der Waals surface area (Å²) in [6.07, 6.45) is 15.3. The standard InChI is InChI=1S/C28H25N/c1-4-10-19(11-5-2)20-16-17-26-25(18-20)27-23-14-8-6-12-21(23)22-13-7-9-15-24(22)28(27)29(26)3/h4-18,25-26H,1H2,2-3H3/b11-5-,19-10+. The molecule has 142 valence electrons. The highest BCUT2D eigenvalue weighted by Crippen LogP contribution is 2.51. The summed E-state index contributed by atoms with van der Waals surface area (Å²) in [6, 6.07) is 18.0. The minimum Gasteiger partial charge on any atom is -0.366 e. The van der Waals surface area contributed by atoms with Crippen LogP contribution in [0.3, 0.4) is 0 Å². The van der Waals surface area contributed by atoms with Gasteiger partial charge in [-0.25, -0.2) is 0 Å². The molecule has 5 rings (SSSR count). The zero-order chi connectivity index (χ0) is 20.0. The Balaban J connectivity index is 1.81. The molecule has 0 fully saturated rings. The molecule has 0 aromatic heterocycles. The lowest BCUT2D eigenvalue weighted by Gasteiger charge is -2.26. The number of rotatable bonds is 3. The summed E-state index contributed by atoms with van der Waals surface area (Å²) in [5.74, 6) is 0.336. The van der Waals surface area contributed by atoms with Gasteiger partial charge in [-0.1, -0.05) is 97.6 Å². The molecule has 0 spiro atoms. The maximum absolute atomic E-state index is 3.90. The third kappa shape index (κ3) is 2.61. The van der Waals surface area contributed by atoms with Gasteiger partial charge in [-0.15, -0.1) is 0 Å². The van der Waals surface area contributed by atoms with Gasteiger partial charge in [0.05, 0.1) is 6.04 Å². The monoisotopic (exact) mass is 375 g/mol. The second kappa shape index (κ2) is 6.93. The van der Waals surface area contributed by atoms with Crippen LogP contribution in [0.1, 0.15) is 18.4 Å². The second-order valence-corrected chi connectivity index (χ2v) is 7.82. The summed E-state index contributed by atoms with van der Waals surface area (Å²) in [6.45, 7) is 5.96. The van der Waals surface area contributed by atoms with E-state index in [0.29, 0.717) is 12.0 Å². The van der Waals surface area contributed by atoms with Crippen molar-refractivity contribution in [2.45, 2.75) is 18.9 Å².